The number of amides is 2. The number of nitrogens with zero attached hydrogens (tertiary/aromatic N) is 3. The Bertz CT molecular complexity index is 1340. The smallest absolute Gasteiger partial charge is 0.307 e. The fraction of sp³-hybridized carbons (Fsp3) is 0.0435. The summed E-state index contributed by atoms with van der Waals surface area (Å²) >= 11 is 0. The predicted octanol–water partition coefficient (Wildman–Crippen LogP) is 4.49. The Labute approximate surface area is 182 Å². The quantitative estimate of drug-likeness (QED) is 0.360. The molecule has 0 aliphatic carbocycles. The van der Waals surface area contributed by atoms with Gasteiger partial charge in [-0.3, -0.25) is 14.9 Å². The van der Waals surface area contributed by atoms with Crippen molar-refractivity contribution in [2.24, 2.45) is 0 Å². The zero-order chi connectivity index (χ0) is 22.7. The number of nitro benzene ring substituents is 1. The second-order valence-corrected chi connectivity index (χ2v) is 6.95. The van der Waals surface area contributed by atoms with Gasteiger partial charge in [0.2, 0.25) is 0 Å². The first-order valence-corrected chi connectivity index (χ1v) is 9.73. The van der Waals surface area contributed by atoms with Crippen molar-refractivity contribution in [3.05, 3.63) is 111 Å². The largest absolute Gasteiger partial charge is 0.323 e. The lowest BCUT2D eigenvalue weighted by atomic mass is 10.3. The molecule has 0 saturated carbocycles. The number of para-hydroxylation sites is 2. The van der Waals surface area contributed by atoms with Crippen LogP contribution in [0.25, 0.3) is 11.4 Å². The summed E-state index contributed by atoms with van der Waals surface area (Å²) in [4.78, 5) is 36.3. The molecule has 0 bridgehead atoms. The summed E-state index contributed by atoms with van der Waals surface area (Å²) in [5.41, 5.74) is 1.68. The summed E-state index contributed by atoms with van der Waals surface area (Å²) in [7, 11) is 0. The maximum absolute atomic E-state index is 13.3. The van der Waals surface area contributed by atoms with E-state index in [0.29, 0.717) is 11.4 Å². The van der Waals surface area contributed by atoms with Gasteiger partial charge in [0.25, 0.3) is 11.2 Å². The van der Waals surface area contributed by atoms with Gasteiger partial charge in [-0.15, -0.1) is 0 Å². The van der Waals surface area contributed by atoms with Gasteiger partial charge in [0.15, 0.2) is 0 Å². The molecular weight excluding hydrogens is 410 g/mol. The monoisotopic (exact) mass is 429 g/mol. The standard InChI is InChI=1S/C23H19N5O4/c1-16-21(25-23(30)24-17-9-8-14-20(15-17)28(31)32)22(29)27(19-12-6-3-7-13-19)26(16)18-10-4-2-5-11-18/h2-15H,1H3,(H2,24,25,30). The Morgan fingerprint density at radius 1 is 0.844 bits per heavy atom. The van der Waals surface area contributed by atoms with E-state index in [9.17, 15) is 19.7 Å². The molecule has 160 valence electrons. The summed E-state index contributed by atoms with van der Waals surface area (Å²) in [5.74, 6) is 0. The van der Waals surface area contributed by atoms with Gasteiger partial charge >= 0.3 is 6.03 Å². The second kappa shape index (κ2) is 8.60. The molecule has 1 heterocycles. The van der Waals surface area contributed by atoms with Crippen molar-refractivity contribution in [2.75, 3.05) is 10.6 Å². The van der Waals surface area contributed by atoms with Crippen LogP contribution in [0.1, 0.15) is 5.69 Å². The van der Waals surface area contributed by atoms with Gasteiger partial charge in [-0.05, 0) is 37.3 Å². The van der Waals surface area contributed by atoms with Crippen LogP contribution < -0.4 is 16.2 Å². The van der Waals surface area contributed by atoms with Crippen LogP contribution in [0.4, 0.5) is 21.9 Å². The number of aromatic nitrogens is 2. The van der Waals surface area contributed by atoms with E-state index in [1.165, 1.54) is 28.9 Å². The predicted molar refractivity (Wildman–Crippen MR) is 122 cm³/mol. The molecule has 9 nitrogen and oxygen atoms in total. The number of urea groups is 1. The Balaban J connectivity index is 1.73. The zero-order valence-electron chi connectivity index (χ0n) is 17.1. The average molecular weight is 429 g/mol. The molecule has 2 N–H and O–H groups in total. The SMILES string of the molecule is Cc1c(NC(=O)Nc2cccc([N+](=O)[O-])c2)c(=O)n(-c2ccccc2)n1-c1ccccc1. The highest BCUT2D eigenvalue weighted by Crippen LogP contribution is 2.21. The molecule has 0 aliphatic rings. The van der Waals surface area contributed by atoms with Gasteiger partial charge in [-0.1, -0.05) is 42.5 Å². The van der Waals surface area contributed by atoms with Crippen molar-refractivity contribution in [2.45, 2.75) is 6.92 Å². The average Bonchev–Trinajstić information content (AvgIpc) is 3.05. The molecule has 9 heteroatoms. The summed E-state index contributed by atoms with van der Waals surface area (Å²) in [6.07, 6.45) is 0. The summed E-state index contributed by atoms with van der Waals surface area (Å²) in [6, 6.07) is 23.3. The lowest BCUT2D eigenvalue weighted by molar-refractivity contribution is -0.384. The number of hydrogen-bond donors (Lipinski definition) is 2. The van der Waals surface area contributed by atoms with Gasteiger partial charge in [0, 0.05) is 17.8 Å². The van der Waals surface area contributed by atoms with Crippen molar-refractivity contribution in [1.82, 2.24) is 9.36 Å². The fourth-order valence-electron chi connectivity index (χ4n) is 3.40. The number of rotatable bonds is 5. The van der Waals surface area contributed by atoms with E-state index in [0.717, 1.165) is 5.69 Å². The van der Waals surface area contributed by atoms with Crippen molar-refractivity contribution in [1.29, 1.82) is 0 Å². The Morgan fingerprint density at radius 3 is 2.03 bits per heavy atom. The molecule has 3 aromatic carbocycles. The highest BCUT2D eigenvalue weighted by atomic mass is 16.6. The molecule has 4 rings (SSSR count). The first kappa shape index (κ1) is 20.6. The van der Waals surface area contributed by atoms with Gasteiger partial charge < -0.3 is 10.6 Å². The van der Waals surface area contributed by atoms with E-state index in [4.69, 9.17) is 0 Å². The first-order valence-electron chi connectivity index (χ1n) is 9.73. The van der Waals surface area contributed by atoms with E-state index >= 15 is 0 Å². The van der Waals surface area contributed by atoms with E-state index < -0.39 is 16.5 Å². The molecule has 0 fully saturated rings. The topological polar surface area (TPSA) is 111 Å². The Kier molecular flexibility index (Phi) is 5.54. The molecule has 0 spiro atoms. The van der Waals surface area contributed by atoms with Gasteiger partial charge in [-0.25, -0.2) is 14.2 Å². The van der Waals surface area contributed by atoms with E-state index in [2.05, 4.69) is 10.6 Å². The van der Waals surface area contributed by atoms with Gasteiger partial charge in [0.1, 0.15) is 5.69 Å². The van der Waals surface area contributed by atoms with Crippen LogP contribution in [0, 0.1) is 17.0 Å². The first-order chi connectivity index (χ1) is 15.5. The molecule has 0 radical (unpaired) electrons. The van der Waals surface area contributed by atoms with Crippen LogP contribution in [0.2, 0.25) is 0 Å². The fourth-order valence-corrected chi connectivity index (χ4v) is 3.40. The van der Waals surface area contributed by atoms with E-state index in [-0.39, 0.29) is 17.1 Å². The lowest BCUT2D eigenvalue weighted by Crippen LogP contribution is -2.25. The van der Waals surface area contributed by atoms with Crippen LogP contribution >= 0.6 is 0 Å². The third-order valence-corrected chi connectivity index (χ3v) is 4.84. The minimum atomic E-state index is -0.684. The number of non-ortho nitro benzene ring substituents is 1. The summed E-state index contributed by atoms with van der Waals surface area (Å²) in [5, 5.41) is 16.1. The minimum absolute atomic E-state index is 0.0978. The van der Waals surface area contributed by atoms with Crippen molar-refractivity contribution in [3.8, 4) is 11.4 Å². The molecule has 1 aromatic heterocycles. The van der Waals surface area contributed by atoms with Crippen LogP contribution in [0.3, 0.4) is 0 Å². The third-order valence-electron chi connectivity index (χ3n) is 4.84. The van der Waals surface area contributed by atoms with Crippen LogP contribution in [-0.2, 0) is 0 Å². The molecule has 0 saturated heterocycles. The number of carbonyl (C=O) groups is 1. The second-order valence-electron chi connectivity index (χ2n) is 6.95. The molecule has 32 heavy (non-hydrogen) atoms. The maximum Gasteiger partial charge on any atom is 0.323 e. The molecule has 0 atom stereocenters. The molecule has 4 aromatic rings. The normalized spacial score (nSPS) is 10.5. The number of anilines is 2. The lowest BCUT2D eigenvalue weighted by Gasteiger charge is -2.13. The van der Waals surface area contributed by atoms with Crippen LogP contribution in [0.5, 0.6) is 0 Å². The number of hydrogen-bond acceptors (Lipinski definition) is 4. The van der Waals surface area contributed by atoms with Crippen molar-refractivity contribution in [3.63, 3.8) is 0 Å². The summed E-state index contributed by atoms with van der Waals surface area (Å²) < 4.78 is 3.20. The minimum Gasteiger partial charge on any atom is -0.307 e. The molecule has 0 aliphatic heterocycles. The number of nitrogens with one attached hydrogen (secondary N) is 2. The van der Waals surface area contributed by atoms with Crippen LogP contribution in [0.15, 0.2) is 89.7 Å². The Hall–Kier alpha value is -4.66. The third kappa shape index (κ3) is 3.99. The van der Waals surface area contributed by atoms with Gasteiger partial charge in [-0.2, -0.15) is 0 Å². The number of benzene rings is 3. The Morgan fingerprint density at radius 2 is 1.44 bits per heavy atom. The van der Waals surface area contributed by atoms with Crippen LogP contribution in [-0.4, -0.2) is 20.3 Å². The van der Waals surface area contributed by atoms with E-state index in [1.807, 2.05) is 48.5 Å². The zero-order valence-corrected chi connectivity index (χ0v) is 17.1. The van der Waals surface area contributed by atoms with Crippen molar-refractivity contribution < 1.29 is 9.72 Å². The molecular formula is C23H19N5O4. The van der Waals surface area contributed by atoms with E-state index in [1.54, 1.807) is 23.7 Å². The van der Waals surface area contributed by atoms with Gasteiger partial charge in [0.05, 0.1) is 22.0 Å². The maximum atomic E-state index is 13.3. The highest BCUT2D eigenvalue weighted by molar-refractivity contribution is 6.00. The van der Waals surface area contributed by atoms with Crippen molar-refractivity contribution >= 4 is 23.1 Å². The highest BCUT2D eigenvalue weighted by Gasteiger charge is 2.21. The molecule has 0 unspecified atom stereocenters. The number of carbonyl (C=O) groups excluding carboxylic acids is 1. The summed E-state index contributed by atoms with van der Waals surface area (Å²) in [6.45, 7) is 1.73. The molecule has 2 amide bonds. The number of nitro groups is 1.